The number of hydrogen-bond donors (Lipinski definition) is 3. The Labute approximate surface area is 248 Å². The van der Waals surface area contributed by atoms with Crippen LogP contribution in [0.25, 0.3) is 0 Å². The Kier molecular flexibility index (Phi) is 13.3. The van der Waals surface area contributed by atoms with Crippen molar-refractivity contribution < 1.29 is 46.5 Å². The molecule has 0 fully saturated rings. The molecule has 4 atom stereocenters. The predicted molar refractivity (Wildman–Crippen MR) is 155 cm³/mol. The van der Waals surface area contributed by atoms with Gasteiger partial charge in [-0.05, 0) is 37.1 Å². The summed E-state index contributed by atoms with van der Waals surface area (Å²) in [6.07, 6.45) is 10.3. The molecule has 1 aromatic heterocycles. The molecule has 238 valence electrons. The Bertz CT molecular complexity index is 1450. The molecule has 3 rings (SSSR count). The van der Waals surface area contributed by atoms with Gasteiger partial charge in [-0.1, -0.05) is 63.7 Å². The maximum atomic E-state index is 12.3. The number of nitrogens with zero attached hydrogens (tertiary/aromatic N) is 1. The minimum atomic E-state index is -5.07. The van der Waals surface area contributed by atoms with Gasteiger partial charge in [-0.2, -0.15) is 4.31 Å². The largest absolute Gasteiger partial charge is 0.481 e. The highest BCUT2D eigenvalue weighted by atomic mass is 31.3. The number of esters is 1. The van der Waals surface area contributed by atoms with Crippen LogP contribution in [0, 0.1) is 6.92 Å². The Morgan fingerprint density at radius 2 is 1.63 bits per heavy atom. The van der Waals surface area contributed by atoms with Crippen LogP contribution in [0.3, 0.4) is 0 Å². The molecule has 16 heteroatoms. The maximum absolute atomic E-state index is 12.3. The quantitative estimate of drug-likeness (QED) is 0.0661. The molecule has 0 aliphatic carbocycles. The molecule has 14 nitrogen and oxygen atoms in total. The highest BCUT2D eigenvalue weighted by molar-refractivity contribution is 7.61. The van der Waals surface area contributed by atoms with Crippen molar-refractivity contribution in [3.8, 4) is 5.75 Å². The lowest BCUT2D eigenvalue weighted by Crippen LogP contribution is -2.33. The summed E-state index contributed by atoms with van der Waals surface area (Å²) in [5, 5.41) is 0. The first-order valence-corrected chi connectivity index (χ1v) is 17.0. The van der Waals surface area contributed by atoms with Crippen molar-refractivity contribution in [2.45, 2.75) is 84.2 Å². The topological polar surface area (TPSA) is 193 Å². The van der Waals surface area contributed by atoms with E-state index in [0.717, 1.165) is 23.8 Å². The minimum absolute atomic E-state index is 0.275. The number of unbranched alkanes of at least 4 members (excludes halogenated alkanes) is 6. The van der Waals surface area contributed by atoms with Gasteiger partial charge in [-0.15, -0.1) is 0 Å². The summed E-state index contributed by atoms with van der Waals surface area (Å²) in [6, 6.07) is 5.99. The fraction of sp³-hybridized carbons (Fsp3) is 0.519. The lowest BCUT2D eigenvalue weighted by Gasteiger charge is -2.19. The summed E-state index contributed by atoms with van der Waals surface area (Å²) in [5.41, 5.74) is -0.571. The molecule has 1 aliphatic heterocycles. The van der Waals surface area contributed by atoms with E-state index < -0.39 is 52.4 Å². The van der Waals surface area contributed by atoms with E-state index in [-0.39, 0.29) is 11.5 Å². The monoisotopic (exact) mass is 644 g/mol. The highest BCUT2D eigenvalue weighted by Gasteiger charge is 2.36. The van der Waals surface area contributed by atoms with Crippen LogP contribution in [0.4, 0.5) is 0 Å². The van der Waals surface area contributed by atoms with Crippen molar-refractivity contribution in [1.82, 2.24) is 9.55 Å². The van der Waals surface area contributed by atoms with Crippen molar-refractivity contribution >= 4 is 21.6 Å². The van der Waals surface area contributed by atoms with Crippen LogP contribution in [-0.2, 0) is 38.6 Å². The smallest absolute Gasteiger partial charge is 0.427 e. The summed E-state index contributed by atoms with van der Waals surface area (Å²) < 4.78 is 50.4. The molecular formula is C27H38N2O12P2. The molecule has 1 aromatic carbocycles. The second-order valence-electron chi connectivity index (χ2n) is 10.0. The van der Waals surface area contributed by atoms with E-state index in [9.17, 15) is 33.3 Å². The van der Waals surface area contributed by atoms with E-state index in [0.29, 0.717) is 17.7 Å². The van der Waals surface area contributed by atoms with Crippen LogP contribution in [0.2, 0.25) is 0 Å². The van der Waals surface area contributed by atoms with Gasteiger partial charge in [0.1, 0.15) is 11.9 Å². The maximum Gasteiger partial charge on any atom is 0.481 e. The number of benzene rings is 1. The lowest BCUT2D eigenvalue weighted by atomic mass is 10.1. The van der Waals surface area contributed by atoms with Gasteiger partial charge in [0, 0.05) is 18.2 Å². The van der Waals surface area contributed by atoms with Crippen LogP contribution in [0.15, 0.2) is 52.2 Å². The van der Waals surface area contributed by atoms with E-state index in [1.54, 1.807) is 0 Å². The first-order valence-electron chi connectivity index (χ1n) is 14.0. The first-order chi connectivity index (χ1) is 20.4. The molecule has 1 aliphatic rings. The van der Waals surface area contributed by atoms with Crippen LogP contribution in [0.1, 0.15) is 75.6 Å². The molecule has 0 spiro atoms. The number of H-pyrrole nitrogens is 1. The van der Waals surface area contributed by atoms with Crippen LogP contribution in [-0.4, -0.2) is 38.0 Å². The van der Waals surface area contributed by atoms with Crippen molar-refractivity contribution in [2.75, 3.05) is 6.61 Å². The Morgan fingerprint density at radius 3 is 2.33 bits per heavy atom. The van der Waals surface area contributed by atoms with Gasteiger partial charge >= 0.3 is 27.3 Å². The van der Waals surface area contributed by atoms with Gasteiger partial charge in [0.05, 0.1) is 13.2 Å². The lowest BCUT2D eigenvalue weighted by molar-refractivity contribution is -0.134. The minimum Gasteiger partial charge on any atom is -0.427 e. The van der Waals surface area contributed by atoms with Crippen molar-refractivity contribution in [3.05, 3.63) is 74.6 Å². The molecule has 0 amide bonds. The zero-order chi connectivity index (χ0) is 31.5. The molecule has 43 heavy (non-hydrogen) atoms. The van der Waals surface area contributed by atoms with Crippen LogP contribution in [0.5, 0.6) is 5.75 Å². The Hall–Kier alpha value is -2.67. The number of nitrogens with one attached hydrogen (secondary N) is 1. The Balaban J connectivity index is 1.38. The van der Waals surface area contributed by atoms with E-state index in [1.165, 1.54) is 75.2 Å². The molecule has 0 bridgehead atoms. The average Bonchev–Trinajstić information content (AvgIpc) is 3.41. The molecule has 2 heterocycles. The third-order valence-electron chi connectivity index (χ3n) is 6.37. The number of carbonyl (C=O) groups is 1. The zero-order valence-corrected chi connectivity index (χ0v) is 25.9. The van der Waals surface area contributed by atoms with Crippen molar-refractivity contribution in [1.29, 1.82) is 0 Å². The molecular weight excluding hydrogens is 606 g/mol. The normalized spacial score (nSPS) is 19.2. The van der Waals surface area contributed by atoms with Gasteiger partial charge in [0.2, 0.25) is 0 Å². The number of rotatable bonds is 18. The first kappa shape index (κ1) is 34.8. The number of aromatic amines is 1. The summed E-state index contributed by atoms with van der Waals surface area (Å²) in [6.45, 7) is 2.66. The van der Waals surface area contributed by atoms with E-state index in [1.807, 2.05) is 0 Å². The molecule has 3 N–H and O–H groups in total. The van der Waals surface area contributed by atoms with Crippen molar-refractivity contribution in [3.63, 3.8) is 0 Å². The second-order valence-corrected chi connectivity index (χ2v) is 13.0. The molecule has 0 saturated carbocycles. The standard InChI is InChI=1S/C27H38N2O12P2/c1-3-4-5-6-7-8-9-10-25(30)40-22-13-11-21(12-14-22)18-37-42(33,34)41-43(35,36)38-19-23-15-16-24(39-23)29-17-20(2)26(31)28-27(29)32/h11-17,23-24H,3-10,18-19H2,1-2H3,(H,33,34)(H,35,36)(H,28,31,32)/t23-,24+/m0/s1. The molecule has 2 aromatic rings. The van der Waals surface area contributed by atoms with Crippen LogP contribution >= 0.6 is 15.6 Å². The number of phosphoric ester groups is 2. The van der Waals surface area contributed by atoms with Gasteiger partial charge in [-0.25, -0.2) is 13.9 Å². The van der Waals surface area contributed by atoms with Gasteiger partial charge in [0.25, 0.3) is 5.56 Å². The van der Waals surface area contributed by atoms with Crippen LogP contribution < -0.4 is 16.0 Å². The van der Waals surface area contributed by atoms with Crippen molar-refractivity contribution in [2.24, 2.45) is 0 Å². The predicted octanol–water partition coefficient (Wildman–Crippen LogP) is 4.80. The number of aryl methyl sites for hydroxylation is 1. The summed E-state index contributed by atoms with van der Waals surface area (Å²) in [7, 11) is -10.1. The number of carbonyl (C=O) groups excluding carboxylic acids is 1. The highest BCUT2D eigenvalue weighted by Crippen LogP contribution is 2.60. The molecule has 2 unspecified atom stereocenters. The number of hydrogen-bond acceptors (Lipinski definition) is 10. The molecule has 0 saturated heterocycles. The van der Waals surface area contributed by atoms with Gasteiger partial charge in [0.15, 0.2) is 6.23 Å². The number of ether oxygens (including phenoxy) is 2. The number of aromatic nitrogens is 2. The fourth-order valence-electron chi connectivity index (χ4n) is 4.08. The summed E-state index contributed by atoms with van der Waals surface area (Å²) >= 11 is 0. The van der Waals surface area contributed by atoms with Gasteiger partial charge in [-0.3, -0.25) is 28.2 Å². The average molecular weight is 645 g/mol. The number of phosphoric acid groups is 2. The van der Waals surface area contributed by atoms with E-state index in [2.05, 4.69) is 16.2 Å². The van der Waals surface area contributed by atoms with E-state index in [4.69, 9.17) is 18.5 Å². The third kappa shape index (κ3) is 12.1. The zero-order valence-electron chi connectivity index (χ0n) is 24.1. The second kappa shape index (κ2) is 16.4. The molecule has 0 radical (unpaired) electrons. The third-order valence-corrected chi connectivity index (χ3v) is 8.95. The summed E-state index contributed by atoms with van der Waals surface area (Å²) in [4.78, 5) is 57.6. The van der Waals surface area contributed by atoms with Gasteiger partial charge < -0.3 is 19.3 Å². The summed E-state index contributed by atoms with van der Waals surface area (Å²) in [5.74, 6) is -0.0432. The SMILES string of the molecule is CCCCCCCCCC(=O)Oc1ccc(COP(=O)(O)OP(=O)(O)OC[C@@H]2C=C[C@H](n3cc(C)c(=O)[nH]c3=O)O2)cc1. The van der Waals surface area contributed by atoms with E-state index >= 15 is 0 Å². The fourth-order valence-corrected chi connectivity index (χ4v) is 6.15. The Morgan fingerprint density at radius 1 is 0.977 bits per heavy atom.